The van der Waals surface area contributed by atoms with Crippen LogP contribution in [0.3, 0.4) is 0 Å². The molecule has 1 aliphatic carbocycles. The molecular weight excluding hydrogens is 312 g/mol. The number of carbonyl (C=O) groups is 1. The van der Waals surface area contributed by atoms with E-state index >= 15 is 0 Å². The second kappa shape index (κ2) is 8.22. The molecule has 2 heterocycles. The zero-order valence-corrected chi connectivity index (χ0v) is 16.4. The molecule has 0 aromatic heterocycles. The van der Waals surface area contributed by atoms with E-state index in [1.54, 1.807) is 0 Å². The highest BCUT2D eigenvalue weighted by atomic mass is 16.5. The summed E-state index contributed by atoms with van der Waals surface area (Å²) in [5.41, 5.74) is 1.42. The number of ether oxygens (including phenoxy) is 1. The van der Waals surface area contributed by atoms with E-state index in [4.69, 9.17) is 4.74 Å². The van der Waals surface area contributed by atoms with Crippen molar-refractivity contribution >= 4 is 5.91 Å². The van der Waals surface area contributed by atoms with Gasteiger partial charge in [0.1, 0.15) is 0 Å². The predicted octanol–water partition coefficient (Wildman–Crippen LogP) is 3.33. The molecule has 0 bridgehead atoms. The van der Waals surface area contributed by atoms with Gasteiger partial charge in [-0.1, -0.05) is 19.9 Å². The standard InChI is InChI=1S/C21H36N2O2/c1-17(2)13-22-14-19(15-25-3)21(16-22)9-11-23(12-10-21)20(24)18-7-5-4-6-8-18/h7,17,19H,4-6,8-16H2,1-3H3. The Labute approximate surface area is 153 Å². The third kappa shape index (κ3) is 4.28. The molecule has 25 heavy (non-hydrogen) atoms. The van der Waals surface area contributed by atoms with Gasteiger partial charge in [0.05, 0.1) is 6.61 Å². The Morgan fingerprint density at radius 1 is 1.32 bits per heavy atom. The van der Waals surface area contributed by atoms with E-state index < -0.39 is 0 Å². The molecule has 1 unspecified atom stereocenters. The fraction of sp³-hybridized carbons (Fsp3) is 0.857. The highest BCUT2D eigenvalue weighted by molar-refractivity contribution is 5.93. The van der Waals surface area contributed by atoms with Gasteiger partial charge in [0.15, 0.2) is 0 Å². The lowest BCUT2D eigenvalue weighted by Crippen LogP contribution is -2.47. The number of nitrogens with zero attached hydrogens (tertiary/aromatic N) is 2. The number of carbonyl (C=O) groups excluding carboxylic acids is 1. The van der Waals surface area contributed by atoms with Crippen LogP contribution in [0.25, 0.3) is 0 Å². The second-order valence-electron chi connectivity index (χ2n) is 8.87. The molecule has 4 heteroatoms. The third-order valence-electron chi connectivity index (χ3n) is 6.49. The Kier molecular flexibility index (Phi) is 6.21. The molecule has 0 radical (unpaired) electrons. The Hall–Kier alpha value is -0.870. The summed E-state index contributed by atoms with van der Waals surface area (Å²) in [6, 6.07) is 0. The molecule has 2 saturated heterocycles. The van der Waals surface area contributed by atoms with Crippen LogP contribution in [-0.4, -0.2) is 62.1 Å². The van der Waals surface area contributed by atoms with Gasteiger partial charge in [0, 0.05) is 51.3 Å². The molecule has 2 fully saturated rings. The van der Waals surface area contributed by atoms with Crippen LogP contribution in [0.2, 0.25) is 0 Å². The van der Waals surface area contributed by atoms with Gasteiger partial charge in [0.2, 0.25) is 5.91 Å². The summed E-state index contributed by atoms with van der Waals surface area (Å²) in [5.74, 6) is 1.63. The van der Waals surface area contributed by atoms with Crippen molar-refractivity contribution in [3.8, 4) is 0 Å². The first-order valence-corrected chi connectivity index (χ1v) is 10.2. The van der Waals surface area contributed by atoms with Crippen LogP contribution in [-0.2, 0) is 9.53 Å². The van der Waals surface area contributed by atoms with Crippen LogP contribution in [0.4, 0.5) is 0 Å². The zero-order chi connectivity index (χ0) is 17.9. The zero-order valence-electron chi connectivity index (χ0n) is 16.4. The minimum Gasteiger partial charge on any atom is -0.384 e. The normalized spacial score (nSPS) is 27.1. The summed E-state index contributed by atoms with van der Waals surface area (Å²) in [5, 5.41) is 0. The monoisotopic (exact) mass is 348 g/mol. The molecule has 0 aromatic carbocycles. The molecule has 3 rings (SSSR count). The maximum absolute atomic E-state index is 12.8. The van der Waals surface area contributed by atoms with E-state index in [1.165, 1.54) is 25.9 Å². The summed E-state index contributed by atoms with van der Waals surface area (Å²) in [4.78, 5) is 17.6. The summed E-state index contributed by atoms with van der Waals surface area (Å²) in [6.07, 6.45) is 8.93. The molecule has 1 spiro atoms. The first-order valence-electron chi connectivity index (χ1n) is 10.2. The van der Waals surface area contributed by atoms with Crippen molar-refractivity contribution < 1.29 is 9.53 Å². The van der Waals surface area contributed by atoms with Gasteiger partial charge >= 0.3 is 0 Å². The van der Waals surface area contributed by atoms with Crippen molar-refractivity contribution in [1.29, 1.82) is 0 Å². The van der Waals surface area contributed by atoms with Crippen LogP contribution in [0.1, 0.15) is 52.4 Å². The Morgan fingerprint density at radius 2 is 2.08 bits per heavy atom. The SMILES string of the molecule is COCC1CN(CC(C)C)CC12CCN(C(=O)C1=CCCCC1)CC2. The van der Waals surface area contributed by atoms with E-state index in [2.05, 4.69) is 29.7 Å². The molecule has 1 amide bonds. The highest BCUT2D eigenvalue weighted by Gasteiger charge is 2.48. The Morgan fingerprint density at radius 3 is 2.68 bits per heavy atom. The lowest BCUT2D eigenvalue weighted by atomic mass is 9.71. The van der Waals surface area contributed by atoms with Crippen molar-refractivity contribution in [2.75, 3.05) is 46.4 Å². The van der Waals surface area contributed by atoms with Gasteiger partial charge in [0.25, 0.3) is 0 Å². The van der Waals surface area contributed by atoms with Crippen LogP contribution in [0.5, 0.6) is 0 Å². The number of allylic oxidation sites excluding steroid dienone is 1. The molecule has 0 aromatic rings. The number of rotatable bonds is 5. The molecule has 1 atom stereocenters. The Balaban J connectivity index is 1.62. The minimum atomic E-state index is 0.315. The van der Waals surface area contributed by atoms with Crippen molar-refractivity contribution in [3.63, 3.8) is 0 Å². The van der Waals surface area contributed by atoms with E-state index in [0.717, 1.165) is 57.5 Å². The quantitative estimate of drug-likeness (QED) is 0.764. The van der Waals surface area contributed by atoms with Gasteiger partial charge in [-0.25, -0.2) is 0 Å². The minimum absolute atomic E-state index is 0.315. The average molecular weight is 349 g/mol. The van der Waals surface area contributed by atoms with Crippen molar-refractivity contribution in [1.82, 2.24) is 9.80 Å². The number of likely N-dealkylation sites (tertiary alicyclic amines) is 2. The average Bonchev–Trinajstić information content (AvgIpc) is 2.92. The van der Waals surface area contributed by atoms with Crippen molar-refractivity contribution in [2.24, 2.45) is 17.3 Å². The lowest BCUT2D eigenvalue weighted by Gasteiger charge is -2.43. The third-order valence-corrected chi connectivity index (χ3v) is 6.49. The molecule has 142 valence electrons. The molecule has 4 nitrogen and oxygen atoms in total. The molecule has 0 N–H and O–H groups in total. The topological polar surface area (TPSA) is 32.8 Å². The van der Waals surface area contributed by atoms with E-state index in [-0.39, 0.29) is 0 Å². The van der Waals surface area contributed by atoms with Crippen molar-refractivity contribution in [2.45, 2.75) is 52.4 Å². The van der Waals surface area contributed by atoms with Gasteiger partial charge < -0.3 is 14.5 Å². The molecule has 2 aliphatic heterocycles. The number of piperidine rings is 1. The molecule has 0 saturated carbocycles. The summed E-state index contributed by atoms with van der Waals surface area (Å²) in [6.45, 7) is 10.8. The van der Waals surface area contributed by atoms with Crippen LogP contribution < -0.4 is 0 Å². The number of hydrogen-bond donors (Lipinski definition) is 0. The maximum Gasteiger partial charge on any atom is 0.249 e. The number of methoxy groups -OCH3 is 1. The van der Waals surface area contributed by atoms with E-state index in [1.807, 2.05) is 7.11 Å². The number of hydrogen-bond acceptors (Lipinski definition) is 3. The van der Waals surface area contributed by atoms with Gasteiger partial charge in [-0.3, -0.25) is 4.79 Å². The highest BCUT2D eigenvalue weighted by Crippen LogP contribution is 2.45. The summed E-state index contributed by atoms with van der Waals surface area (Å²) in [7, 11) is 1.83. The summed E-state index contributed by atoms with van der Waals surface area (Å²) < 4.78 is 5.56. The van der Waals surface area contributed by atoms with Gasteiger partial charge in [-0.05, 0) is 49.9 Å². The van der Waals surface area contributed by atoms with Gasteiger partial charge in [-0.15, -0.1) is 0 Å². The smallest absolute Gasteiger partial charge is 0.249 e. The lowest BCUT2D eigenvalue weighted by molar-refractivity contribution is -0.130. The number of amides is 1. The van der Waals surface area contributed by atoms with Crippen LogP contribution in [0.15, 0.2) is 11.6 Å². The molecular formula is C21H36N2O2. The maximum atomic E-state index is 12.8. The van der Waals surface area contributed by atoms with E-state index in [9.17, 15) is 4.79 Å². The predicted molar refractivity (Wildman–Crippen MR) is 101 cm³/mol. The fourth-order valence-electron chi connectivity index (χ4n) is 5.19. The molecule has 3 aliphatic rings. The summed E-state index contributed by atoms with van der Waals surface area (Å²) >= 11 is 0. The largest absolute Gasteiger partial charge is 0.384 e. The van der Waals surface area contributed by atoms with E-state index in [0.29, 0.717) is 23.2 Å². The fourth-order valence-corrected chi connectivity index (χ4v) is 5.19. The van der Waals surface area contributed by atoms with Crippen LogP contribution in [0, 0.1) is 17.3 Å². The van der Waals surface area contributed by atoms with Crippen molar-refractivity contribution in [3.05, 3.63) is 11.6 Å². The first-order chi connectivity index (χ1) is 12.0. The first kappa shape index (κ1) is 18.9. The van der Waals surface area contributed by atoms with Crippen LogP contribution >= 0.6 is 0 Å². The Bertz CT molecular complexity index is 492. The second-order valence-corrected chi connectivity index (χ2v) is 8.87. The van der Waals surface area contributed by atoms with Gasteiger partial charge in [-0.2, -0.15) is 0 Å².